The van der Waals surface area contributed by atoms with E-state index in [-0.39, 0.29) is 17.4 Å². The number of hydrogen-bond donors (Lipinski definition) is 1. The van der Waals surface area contributed by atoms with Crippen molar-refractivity contribution in [3.63, 3.8) is 0 Å². The van der Waals surface area contributed by atoms with Crippen molar-refractivity contribution >= 4 is 11.9 Å². The summed E-state index contributed by atoms with van der Waals surface area (Å²) in [6.45, 7) is 0. The fraction of sp³-hybridized carbons (Fsp3) is 0.143. The summed E-state index contributed by atoms with van der Waals surface area (Å²) in [6, 6.07) is 15.1. The lowest BCUT2D eigenvalue weighted by molar-refractivity contribution is -0.118. The van der Waals surface area contributed by atoms with Crippen molar-refractivity contribution in [3.8, 4) is 17.6 Å². The number of hydrogen-bond acceptors (Lipinski definition) is 5. The van der Waals surface area contributed by atoms with E-state index in [4.69, 9.17) is 10.00 Å². The van der Waals surface area contributed by atoms with Crippen molar-refractivity contribution in [3.05, 3.63) is 77.9 Å². The Labute approximate surface area is 160 Å². The van der Waals surface area contributed by atoms with Gasteiger partial charge in [0.15, 0.2) is 5.75 Å². The molecule has 1 saturated carbocycles. The number of benzene rings is 2. The first-order valence-electron chi connectivity index (χ1n) is 8.67. The molecule has 1 heterocycles. The van der Waals surface area contributed by atoms with Crippen LogP contribution in [0.3, 0.4) is 0 Å². The van der Waals surface area contributed by atoms with E-state index >= 15 is 0 Å². The van der Waals surface area contributed by atoms with Gasteiger partial charge >= 0.3 is 0 Å². The van der Waals surface area contributed by atoms with Gasteiger partial charge in [0.1, 0.15) is 11.6 Å². The molecule has 138 valence electrons. The van der Waals surface area contributed by atoms with E-state index in [0.717, 1.165) is 6.07 Å². The maximum atomic E-state index is 13.8. The Morgan fingerprint density at radius 1 is 1.11 bits per heavy atom. The number of nitrogens with one attached hydrogen (secondary N) is 1. The quantitative estimate of drug-likeness (QED) is 0.731. The summed E-state index contributed by atoms with van der Waals surface area (Å²) in [4.78, 5) is 21.0. The topological polar surface area (TPSA) is 87.9 Å². The third-order valence-electron chi connectivity index (χ3n) is 4.60. The first-order chi connectivity index (χ1) is 13.6. The third-order valence-corrected chi connectivity index (χ3v) is 4.60. The highest BCUT2D eigenvalue weighted by Gasteiger charge is 2.51. The van der Waals surface area contributed by atoms with Crippen LogP contribution >= 0.6 is 0 Å². The number of carbonyl (C=O) groups excluding carboxylic acids is 1. The molecule has 28 heavy (non-hydrogen) atoms. The van der Waals surface area contributed by atoms with Gasteiger partial charge in [-0.1, -0.05) is 18.2 Å². The number of nitrogens with zero attached hydrogens (tertiary/aromatic N) is 3. The molecule has 1 amide bonds. The molecule has 0 atom stereocenters. The van der Waals surface area contributed by atoms with E-state index < -0.39 is 11.2 Å². The lowest BCUT2D eigenvalue weighted by Crippen LogP contribution is -2.28. The van der Waals surface area contributed by atoms with Crippen molar-refractivity contribution < 1.29 is 13.9 Å². The van der Waals surface area contributed by atoms with Crippen LogP contribution in [0.2, 0.25) is 0 Å². The SMILES string of the molecule is N#Cc1cc(F)cc(C2(C(=O)Nc3ncc(Oc4ccccc4)cn3)CC2)c1. The van der Waals surface area contributed by atoms with Gasteiger partial charge < -0.3 is 4.74 Å². The van der Waals surface area contributed by atoms with E-state index in [1.807, 2.05) is 24.3 Å². The highest BCUT2D eigenvalue weighted by atomic mass is 19.1. The van der Waals surface area contributed by atoms with E-state index in [0.29, 0.717) is 29.9 Å². The maximum Gasteiger partial charge on any atom is 0.237 e. The lowest BCUT2D eigenvalue weighted by Gasteiger charge is -2.15. The first-order valence-corrected chi connectivity index (χ1v) is 8.67. The lowest BCUT2D eigenvalue weighted by atomic mass is 9.93. The predicted octanol–water partition coefficient (Wildman–Crippen LogP) is 3.95. The number of para-hydroxylation sites is 1. The Morgan fingerprint density at radius 2 is 1.82 bits per heavy atom. The zero-order valence-electron chi connectivity index (χ0n) is 14.7. The van der Waals surface area contributed by atoms with Crippen molar-refractivity contribution in [1.82, 2.24) is 9.97 Å². The van der Waals surface area contributed by atoms with Crippen LogP contribution in [0.15, 0.2) is 60.9 Å². The molecule has 1 aliphatic rings. The summed E-state index contributed by atoms with van der Waals surface area (Å²) in [5.41, 5.74) is -0.172. The van der Waals surface area contributed by atoms with Crippen LogP contribution in [-0.4, -0.2) is 15.9 Å². The second kappa shape index (κ2) is 7.08. The molecule has 3 aromatic rings. The summed E-state index contributed by atoms with van der Waals surface area (Å²) in [5, 5.41) is 11.7. The van der Waals surface area contributed by atoms with Gasteiger partial charge in [0.2, 0.25) is 11.9 Å². The van der Waals surface area contributed by atoms with Gasteiger partial charge in [-0.05, 0) is 48.7 Å². The highest BCUT2D eigenvalue weighted by molar-refractivity contribution is 6.00. The van der Waals surface area contributed by atoms with Gasteiger partial charge in [-0.2, -0.15) is 5.26 Å². The largest absolute Gasteiger partial charge is 0.454 e. The number of halogens is 1. The molecular weight excluding hydrogens is 359 g/mol. The number of carbonyl (C=O) groups is 1. The zero-order valence-corrected chi connectivity index (χ0v) is 14.7. The molecule has 1 N–H and O–H groups in total. The average Bonchev–Trinajstić information content (AvgIpc) is 3.52. The van der Waals surface area contributed by atoms with Gasteiger partial charge in [0.25, 0.3) is 0 Å². The van der Waals surface area contributed by atoms with Gasteiger partial charge in [-0.3, -0.25) is 10.1 Å². The normalized spacial score (nSPS) is 14.0. The summed E-state index contributed by atoms with van der Waals surface area (Å²) in [6.07, 6.45) is 4.07. The molecule has 0 bridgehead atoms. The van der Waals surface area contributed by atoms with Gasteiger partial charge in [-0.25, -0.2) is 14.4 Å². The van der Waals surface area contributed by atoms with Crippen LogP contribution in [-0.2, 0) is 10.2 Å². The molecule has 1 aromatic heterocycles. The molecule has 0 aliphatic heterocycles. The number of ether oxygens (including phenoxy) is 1. The number of anilines is 1. The minimum atomic E-state index is -0.851. The van der Waals surface area contributed by atoms with Crippen molar-refractivity contribution in [2.45, 2.75) is 18.3 Å². The third kappa shape index (κ3) is 3.53. The summed E-state index contributed by atoms with van der Waals surface area (Å²) in [7, 11) is 0. The Bertz CT molecular complexity index is 1060. The molecule has 2 aromatic carbocycles. The van der Waals surface area contributed by atoms with E-state index in [1.54, 1.807) is 18.2 Å². The molecule has 6 nitrogen and oxygen atoms in total. The summed E-state index contributed by atoms with van der Waals surface area (Å²) < 4.78 is 19.4. The Kier molecular flexibility index (Phi) is 4.45. The average molecular weight is 374 g/mol. The van der Waals surface area contributed by atoms with Crippen molar-refractivity contribution in [2.24, 2.45) is 0 Å². The monoisotopic (exact) mass is 374 g/mol. The Hall–Kier alpha value is -3.79. The predicted molar refractivity (Wildman–Crippen MR) is 99.2 cm³/mol. The molecule has 1 aliphatic carbocycles. The molecule has 0 radical (unpaired) electrons. The standard InChI is InChI=1S/C21H15FN4O2/c22-16-9-14(11-23)8-15(10-16)21(6-7-21)19(27)26-20-24-12-18(13-25-20)28-17-4-2-1-3-5-17/h1-5,8-10,12-13H,6-7H2,(H,24,25,26,27). The van der Waals surface area contributed by atoms with Crippen LogP contribution in [0.25, 0.3) is 0 Å². The molecular formula is C21H15FN4O2. The number of aromatic nitrogens is 2. The van der Waals surface area contributed by atoms with Crippen LogP contribution in [0, 0.1) is 17.1 Å². The minimum Gasteiger partial charge on any atom is -0.454 e. The molecule has 0 unspecified atom stereocenters. The van der Waals surface area contributed by atoms with Crippen LogP contribution < -0.4 is 10.1 Å². The second-order valence-corrected chi connectivity index (χ2v) is 6.53. The second-order valence-electron chi connectivity index (χ2n) is 6.53. The molecule has 4 rings (SSSR count). The van der Waals surface area contributed by atoms with Gasteiger partial charge in [0.05, 0.1) is 29.4 Å². The van der Waals surface area contributed by atoms with Crippen LogP contribution in [0.4, 0.5) is 10.3 Å². The molecule has 0 saturated heterocycles. The van der Waals surface area contributed by atoms with Gasteiger partial charge in [-0.15, -0.1) is 0 Å². The van der Waals surface area contributed by atoms with Crippen molar-refractivity contribution in [1.29, 1.82) is 5.26 Å². The fourth-order valence-electron chi connectivity index (χ4n) is 2.98. The Balaban J connectivity index is 1.48. The maximum absolute atomic E-state index is 13.8. The molecule has 0 spiro atoms. The highest BCUT2D eigenvalue weighted by Crippen LogP contribution is 2.49. The van der Waals surface area contributed by atoms with Crippen molar-refractivity contribution in [2.75, 3.05) is 5.32 Å². The number of amides is 1. The van der Waals surface area contributed by atoms with E-state index in [2.05, 4.69) is 15.3 Å². The molecule has 1 fully saturated rings. The zero-order chi connectivity index (χ0) is 19.6. The van der Waals surface area contributed by atoms with Gasteiger partial charge in [0, 0.05) is 0 Å². The minimum absolute atomic E-state index is 0.133. The summed E-state index contributed by atoms with van der Waals surface area (Å²) in [5.74, 6) is 0.368. The fourth-order valence-corrected chi connectivity index (χ4v) is 2.98. The smallest absolute Gasteiger partial charge is 0.237 e. The molecule has 7 heteroatoms. The first kappa shape index (κ1) is 17.6. The Morgan fingerprint density at radius 3 is 2.46 bits per heavy atom. The van der Waals surface area contributed by atoms with Crippen LogP contribution in [0.1, 0.15) is 24.0 Å². The number of rotatable bonds is 5. The summed E-state index contributed by atoms with van der Waals surface area (Å²) >= 11 is 0. The van der Waals surface area contributed by atoms with Crippen LogP contribution in [0.5, 0.6) is 11.5 Å². The van der Waals surface area contributed by atoms with E-state index in [9.17, 15) is 9.18 Å². The number of nitriles is 1. The van der Waals surface area contributed by atoms with E-state index in [1.165, 1.54) is 18.5 Å².